The minimum Gasteiger partial charge on any atom is -0.479 e. The number of carboxylic acid groups (broad SMARTS) is 1. The number of ether oxygens (including phenoxy) is 5. The van der Waals surface area contributed by atoms with E-state index < -0.39 is 67.3 Å². The van der Waals surface area contributed by atoms with Crippen molar-refractivity contribution >= 4 is 23.9 Å². The maximum atomic E-state index is 13.1. The van der Waals surface area contributed by atoms with E-state index in [9.17, 15) is 34.5 Å². The summed E-state index contributed by atoms with van der Waals surface area (Å²) in [7, 11) is 0. The highest BCUT2D eigenvalue weighted by Gasteiger charge is 2.50. The van der Waals surface area contributed by atoms with E-state index in [-0.39, 0.29) is 25.9 Å². The van der Waals surface area contributed by atoms with Crippen LogP contribution in [0.1, 0.15) is 265 Å². The first-order chi connectivity index (χ1) is 37.6. The molecule has 0 amide bonds. The average Bonchev–Trinajstić information content (AvgIpc) is 3.42. The van der Waals surface area contributed by atoms with Gasteiger partial charge in [-0.15, -0.1) is 0 Å². The van der Waals surface area contributed by atoms with Crippen molar-refractivity contribution in [2.24, 2.45) is 0 Å². The van der Waals surface area contributed by atoms with Gasteiger partial charge in [0.1, 0.15) is 18.8 Å². The number of aliphatic hydroxyl groups is 2. The minimum atomic E-state index is -1.91. The smallest absolute Gasteiger partial charge is 0.335 e. The summed E-state index contributed by atoms with van der Waals surface area (Å²) in [6.07, 6.45) is 54.4. The molecule has 6 unspecified atom stereocenters. The first kappa shape index (κ1) is 71.2. The number of carbonyl (C=O) groups excluding carboxylic acids is 3. The fourth-order valence-corrected chi connectivity index (χ4v) is 9.05. The number of rotatable bonds is 52. The van der Waals surface area contributed by atoms with Gasteiger partial charge in [0.15, 0.2) is 24.6 Å². The zero-order valence-electron chi connectivity index (χ0n) is 48.7. The number of carboxylic acids is 1. The van der Waals surface area contributed by atoms with Crippen LogP contribution in [0.3, 0.4) is 0 Å². The number of allylic oxidation sites excluding steroid dienone is 12. The highest BCUT2D eigenvalue weighted by atomic mass is 16.7. The van der Waals surface area contributed by atoms with Crippen molar-refractivity contribution in [2.45, 2.75) is 302 Å². The van der Waals surface area contributed by atoms with Crippen molar-refractivity contribution in [3.8, 4) is 0 Å². The third-order valence-corrected chi connectivity index (χ3v) is 13.8. The zero-order valence-corrected chi connectivity index (χ0v) is 48.7. The van der Waals surface area contributed by atoms with E-state index in [2.05, 4.69) is 87.6 Å². The van der Waals surface area contributed by atoms with E-state index in [0.29, 0.717) is 25.7 Å². The van der Waals surface area contributed by atoms with Crippen LogP contribution in [-0.4, -0.2) is 89.2 Å². The lowest BCUT2D eigenvalue weighted by Crippen LogP contribution is -2.61. The van der Waals surface area contributed by atoms with E-state index in [0.717, 1.165) is 96.3 Å². The monoisotopic (exact) mass is 1080 g/mol. The molecular formula is C65H110O12. The molecule has 1 rings (SSSR count). The van der Waals surface area contributed by atoms with Gasteiger partial charge in [-0.1, -0.05) is 235 Å². The molecule has 12 heteroatoms. The van der Waals surface area contributed by atoms with Crippen molar-refractivity contribution in [3.05, 3.63) is 72.9 Å². The SMILES string of the molecule is CC/C=C\C/C=C\C/C=C\C/C=C\C/C=C\CCCC(=O)OCC(COC1OC(C(=O)O)C(O)C(O)C1OC(=O)CCCCCCCCCCCCCCCCCCC)OC(=O)CCCCCCC/C=C\CCCCCC. The molecule has 12 nitrogen and oxygen atoms in total. The fraction of sp³-hybridized carbons (Fsp3) is 0.754. The lowest BCUT2D eigenvalue weighted by Gasteiger charge is -2.40. The molecule has 0 aromatic rings. The summed E-state index contributed by atoms with van der Waals surface area (Å²) < 4.78 is 28.4. The maximum Gasteiger partial charge on any atom is 0.335 e. The standard InChI is InChI=1S/C65H110O12/c1-4-7-10-13-16-19-22-25-27-29-31-34-36-39-42-45-48-51-57(66)73-54-56(75-58(67)52-49-46-43-40-37-33-24-21-18-15-12-9-6-3)55-74-65-63(61(70)60(69)62(77-65)64(71)72)76-59(68)53-50-47-44-41-38-35-32-30-28-26-23-20-17-14-11-8-5-2/h7,10,16,19,21,24-25,27,31,34,39,42,56,60-63,65,69-70H,4-6,8-9,11-15,17-18,20,22-23,26,28-30,32-33,35-38,40-41,43-55H2,1-3H3,(H,71,72)/b10-7-,19-16-,24-21-,27-25-,34-31-,42-39-. The second-order valence-corrected chi connectivity index (χ2v) is 21.0. The van der Waals surface area contributed by atoms with Gasteiger partial charge < -0.3 is 39.0 Å². The van der Waals surface area contributed by atoms with Crippen molar-refractivity contribution in [2.75, 3.05) is 13.2 Å². The quantitative estimate of drug-likeness (QED) is 0.0228. The molecule has 0 aliphatic carbocycles. The first-order valence-corrected chi connectivity index (χ1v) is 30.9. The fourth-order valence-electron chi connectivity index (χ4n) is 9.05. The molecule has 0 aromatic heterocycles. The van der Waals surface area contributed by atoms with Crippen LogP contribution in [0, 0.1) is 0 Å². The summed E-state index contributed by atoms with van der Waals surface area (Å²) in [5, 5.41) is 31.5. The van der Waals surface area contributed by atoms with Gasteiger partial charge >= 0.3 is 23.9 Å². The maximum absolute atomic E-state index is 13.1. The Balaban J connectivity index is 2.70. The van der Waals surface area contributed by atoms with Crippen LogP contribution >= 0.6 is 0 Å². The lowest BCUT2D eigenvalue weighted by molar-refractivity contribution is -0.301. The van der Waals surface area contributed by atoms with Crippen LogP contribution in [0.15, 0.2) is 72.9 Å². The van der Waals surface area contributed by atoms with Gasteiger partial charge in [-0.2, -0.15) is 0 Å². The number of aliphatic carboxylic acids is 1. The average molecular weight is 1080 g/mol. The van der Waals surface area contributed by atoms with E-state index in [4.69, 9.17) is 23.7 Å². The lowest BCUT2D eigenvalue weighted by atomic mass is 9.98. The van der Waals surface area contributed by atoms with Gasteiger partial charge in [0.2, 0.25) is 0 Å². The normalized spacial score (nSPS) is 18.5. The highest BCUT2D eigenvalue weighted by Crippen LogP contribution is 2.26. The number of hydrogen-bond donors (Lipinski definition) is 3. The van der Waals surface area contributed by atoms with Crippen LogP contribution < -0.4 is 0 Å². The van der Waals surface area contributed by atoms with Gasteiger partial charge in [-0.3, -0.25) is 14.4 Å². The molecule has 1 heterocycles. The summed E-state index contributed by atoms with van der Waals surface area (Å²) in [5.74, 6) is -3.20. The van der Waals surface area contributed by atoms with Crippen molar-refractivity contribution in [1.29, 1.82) is 0 Å². The number of hydrogen-bond acceptors (Lipinski definition) is 11. The molecule has 1 fully saturated rings. The molecule has 1 aliphatic rings. The Hall–Kier alpha value is -3.84. The predicted molar refractivity (Wildman–Crippen MR) is 312 cm³/mol. The number of carbonyl (C=O) groups is 4. The third-order valence-electron chi connectivity index (χ3n) is 13.8. The predicted octanol–water partition coefficient (Wildman–Crippen LogP) is 16.1. The van der Waals surface area contributed by atoms with E-state index in [1.165, 1.54) is 103 Å². The topological polar surface area (TPSA) is 175 Å². The van der Waals surface area contributed by atoms with Crippen LogP contribution in [0.5, 0.6) is 0 Å². The van der Waals surface area contributed by atoms with Gasteiger partial charge in [0, 0.05) is 19.3 Å². The van der Waals surface area contributed by atoms with Crippen LogP contribution in [-0.2, 0) is 42.9 Å². The highest BCUT2D eigenvalue weighted by molar-refractivity contribution is 5.74. The molecule has 77 heavy (non-hydrogen) atoms. The Morgan fingerprint density at radius 1 is 0.442 bits per heavy atom. The molecule has 1 aliphatic heterocycles. The van der Waals surface area contributed by atoms with Crippen molar-refractivity contribution < 1.29 is 58.2 Å². The zero-order chi connectivity index (χ0) is 56.1. The summed E-state index contributed by atoms with van der Waals surface area (Å²) in [5.41, 5.74) is 0. The summed E-state index contributed by atoms with van der Waals surface area (Å²) >= 11 is 0. The molecule has 0 aromatic carbocycles. The van der Waals surface area contributed by atoms with Gasteiger partial charge in [-0.25, -0.2) is 4.79 Å². The number of esters is 3. The Morgan fingerprint density at radius 3 is 1.31 bits per heavy atom. The Labute approximate surface area is 468 Å². The van der Waals surface area contributed by atoms with E-state index in [1.54, 1.807) is 0 Å². The molecular weight excluding hydrogens is 973 g/mol. The second kappa shape index (κ2) is 52.8. The molecule has 442 valence electrons. The molecule has 1 saturated heterocycles. The van der Waals surface area contributed by atoms with Crippen molar-refractivity contribution in [3.63, 3.8) is 0 Å². The molecule has 0 radical (unpaired) electrons. The van der Waals surface area contributed by atoms with Crippen LogP contribution in [0.2, 0.25) is 0 Å². The number of aliphatic hydroxyl groups excluding tert-OH is 2. The molecule has 0 bridgehead atoms. The molecule has 0 spiro atoms. The molecule has 6 atom stereocenters. The van der Waals surface area contributed by atoms with E-state index in [1.807, 2.05) is 6.08 Å². The minimum absolute atomic E-state index is 0.0561. The number of unbranched alkanes of at least 4 members (excludes halogenated alkanes) is 26. The van der Waals surface area contributed by atoms with Gasteiger partial charge in [0.05, 0.1) is 6.61 Å². The summed E-state index contributed by atoms with van der Waals surface area (Å²) in [6, 6.07) is 0. The first-order valence-electron chi connectivity index (χ1n) is 30.9. The molecule has 3 N–H and O–H groups in total. The van der Waals surface area contributed by atoms with Crippen LogP contribution in [0.25, 0.3) is 0 Å². The van der Waals surface area contributed by atoms with Gasteiger partial charge in [-0.05, 0) is 83.5 Å². The van der Waals surface area contributed by atoms with E-state index >= 15 is 0 Å². The summed E-state index contributed by atoms with van der Waals surface area (Å²) in [4.78, 5) is 51.2. The second-order valence-electron chi connectivity index (χ2n) is 21.0. The Kier molecular flexibility index (Phi) is 48.8. The Bertz CT molecular complexity index is 1620. The molecule has 0 saturated carbocycles. The van der Waals surface area contributed by atoms with Crippen LogP contribution in [0.4, 0.5) is 0 Å². The third kappa shape index (κ3) is 42.7. The summed E-state index contributed by atoms with van der Waals surface area (Å²) in [6.45, 7) is 5.83. The van der Waals surface area contributed by atoms with Crippen molar-refractivity contribution in [1.82, 2.24) is 0 Å². The Morgan fingerprint density at radius 2 is 0.831 bits per heavy atom. The largest absolute Gasteiger partial charge is 0.479 e. The van der Waals surface area contributed by atoms with Gasteiger partial charge in [0.25, 0.3) is 0 Å².